The molecule has 0 heterocycles. The molecule has 0 aromatic heterocycles. The number of nitrogens with one attached hydrogen (secondary N) is 1. The number of hydrogen-bond donors (Lipinski definition) is 2. The van der Waals surface area contributed by atoms with Crippen LogP contribution in [0.2, 0.25) is 0 Å². The molecule has 9 heteroatoms. The lowest BCUT2D eigenvalue weighted by molar-refractivity contribution is -0.149. The molecule has 0 spiro atoms. The number of urea groups is 1. The predicted octanol–water partition coefficient (Wildman–Crippen LogP) is 0.680. The first-order chi connectivity index (χ1) is 8.15. The fraction of sp³-hybridized carbons (Fsp3) is 0.778. The number of carboxylic acids is 1. The van der Waals surface area contributed by atoms with Crippen molar-refractivity contribution in [3.8, 4) is 0 Å². The zero-order chi connectivity index (χ0) is 14.3. The number of rotatable bonds is 6. The van der Waals surface area contributed by atoms with Crippen molar-refractivity contribution in [2.45, 2.75) is 19.2 Å². The number of carboxylic acid groups (broad SMARTS) is 1. The van der Waals surface area contributed by atoms with E-state index in [2.05, 4.69) is 5.32 Å². The van der Waals surface area contributed by atoms with Crippen LogP contribution in [0.4, 0.5) is 18.0 Å². The van der Waals surface area contributed by atoms with Gasteiger partial charge < -0.3 is 20.1 Å². The fourth-order valence-corrected chi connectivity index (χ4v) is 1.01. The Hall–Kier alpha value is -1.51. The molecule has 0 radical (unpaired) electrons. The van der Waals surface area contributed by atoms with Crippen LogP contribution in [0.3, 0.4) is 0 Å². The first kappa shape index (κ1) is 16.5. The van der Waals surface area contributed by atoms with Crippen molar-refractivity contribution in [2.24, 2.45) is 0 Å². The first-order valence-corrected chi connectivity index (χ1v) is 5.00. The molecule has 0 aliphatic carbocycles. The molecule has 0 saturated heterocycles. The van der Waals surface area contributed by atoms with Gasteiger partial charge in [-0.3, -0.25) is 4.79 Å². The largest absolute Gasteiger partial charge is 0.480 e. The van der Waals surface area contributed by atoms with E-state index in [9.17, 15) is 22.8 Å². The molecule has 1 atom stereocenters. The molecule has 0 saturated carbocycles. The van der Waals surface area contributed by atoms with Crippen LogP contribution in [0.5, 0.6) is 0 Å². The van der Waals surface area contributed by atoms with Crippen molar-refractivity contribution in [2.75, 3.05) is 26.7 Å². The van der Waals surface area contributed by atoms with Gasteiger partial charge in [-0.05, 0) is 6.92 Å². The minimum Gasteiger partial charge on any atom is -0.480 e. The highest BCUT2D eigenvalue weighted by atomic mass is 19.4. The maximum atomic E-state index is 12.1. The molecule has 106 valence electrons. The number of hydrogen-bond acceptors (Lipinski definition) is 3. The van der Waals surface area contributed by atoms with Crippen molar-refractivity contribution < 1.29 is 32.6 Å². The summed E-state index contributed by atoms with van der Waals surface area (Å²) < 4.78 is 41.2. The molecule has 0 rings (SSSR count). The second-order valence-corrected chi connectivity index (χ2v) is 3.60. The lowest BCUT2D eigenvalue weighted by Gasteiger charge is -2.23. The van der Waals surface area contributed by atoms with E-state index in [1.165, 1.54) is 7.11 Å². The van der Waals surface area contributed by atoms with E-state index in [4.69, 9.17) is 9.84 Å². The summed E-state index contributed by atoms with van der Waals surface area (Å²) in [5, 5.41) is 10.6. The standard InChI is InChI=1S/C9H15F3N2O4/c1-6(18-2)3-13-8(17)14(4-7(15)16)5-9(10,11)12/h6H,3-5H2,1-2H3,(H,13,17)(H,15,16). The first-order valence-electron chi connectivity index (χ1n) is 5.00. The van der Waals surface area contributed by atoms with E-state index >= 15 is 0 Å². The molecular weight excluding hydrogens is 257 g/mol. The molecule has 1 unspecified atom stereocenters. The number of nitrogens with zero attached hydrogens (tertiary/aromatic N) is 1. The van der Waals surface area contributed by atoms with Gasteiger partial charge in [0.25, 0.3) is 0 Å². The van der Waals surface area contributed by atoms with E-state index in [0.717, 1.165) is 0 Å². The summed E-state index contributed by atoms with van der Waals surface area (Å²) >= 11 is 0. The van der Waals surface area contributed by atoms with Crippen LogP contribution in [0.15, 0.2) is 0 Å². The predicted molar refractivity (Wildman–Crippen MR) is 55.1 cm³/mol. The maximum Gasteiger partial charge on any atom is 0.406 e. The van der Waals surface area contributed by atoms with Gasteiger partial charge in [-0.15, -0.1) is 0 Å². The van der Waals surface area contributed by atoms with Crippen LogP contribution in [0.25, 0.3) is 0 Å². The summed E-state index contributed by atoms with van der Waals surface area (Å²) in [5.41, 5.74) is 0. The molecular formula is C9H15F3N2O4. The van der Waals surface area contributed by atoms with Gasteiger partial charge in [0, 0.05) is 13.7 Å². The fourth-order valence-electron chi connectivity index (χ4n) is 1.01. The van der Waals surface area contributed by atoms with Crippen LogP contribution >= 0.6 is 0 Å². The third kappa shape index (κ3) is 7.71. The van der Waals surface area contributed by atoms with Gasteiger partial charge in [-0.25, -0.2) is 4.79 Å². The van der Waals surface area contributed by atoms with Crippen LogP contribution in [0.1, 0.15) is 6.92 Å². The highest BCUT2D eigenvalue weighted by Crippen LogP contribution is 2.16. The average Bonchev–Trinajstić information content (AvgIpc) is 2.21. The van der Waals surface area contributed by atoms with Crippen LogP contribution in [-0.2, 0) is 9.53 Å². The van der Waals surface area contributed by atoms with Crippen molar-refractivity contribution in [1.82, 2.24) is 10.2 Å². The summed E-state index contributed by atoms with van der Waals surface area (Å²) in [6.45, 7) is -1.05. The molecule has 0 aromatic carbocycles. The molecule has 2 amide bonds. The number of carbonyl (C=O) groups is 2. The summed E-state index contributed by atoms with van der Waals surface area (Å²) in [4.78, 5) is 21.9. The van der Waals surface area contributed by atoms with Gasteiger partial charge >= 0.3 is 18.2 Å². The van der Waals surface area contributed by atoms with E-state index in [-0.39, 0.29) is 17.5 Å². The Morgan fingerprint density at radius 3 is 2.39 bits per heavy atom. The highest BCUT2D eigenvalue weighted by Gasteiger charge is 2.34. The number of ether oxygens (including phenoxy) is 1. The van der Waals surface area contributed by atoms with E-state index < -0.39 is 31.3 Å². The molecule has 0 aliphatic rings. The average molecular weight is 272 g/mol. The van der Waals surface area contributed by atoms with Gasteiger partial charge in [0.1, 0.15) is 13.1 Å². The van der Waals surface area contributed by atoms with Gasteiger partial charge in [0.05, 0.1) is 6.10 Å². The SMILES string of the molecule is COC(C)CNC(=O)N(CC(=O)O)CC(F)(F)F. The Morgan fingerprint density at radius 1 is 1.44 bits per heavy atom. The lowest BCUT2D eigenvalue weighted by Crippen LogP contribution is -2.48. The van der Waals surface area contributed by atoms with Crippen LogP contribution in [-0.4, -0.2) is 61.0 Å². The Bertz CT molecular complexity index is 296. The number of alkyl halides is 3. The maximum absolute atomic E-state index is 12.1. The Morgan fingerprint density at radius 2 is 2.00 bits per heavy atom. The van der Waals surface area contributed by atoms with Gasteiger partial charge in [0.15, 0.2) is 0 Å². The molecule has 2 N–H and O–H groups in total. The summed E-state index contributed by atoms with van der Waals surface area (Å²) in [7, 11) is 1.38. The zero-order valence-corrected chi connectivity index (χ0v) is 9.95. The summed E-state index contributed by atoms with van der Waals surface area (Å²) in [6, 6.07) is -1.10. The number of aliphatic carboxylic acids is 1. The van der Waals surface area contributed by atoms with Crippen molar-refractivity contribution in [1.29, 1.82) is 0 Å². The summed E-state index contributed by atoms with van der Waals surface area (Å²) in [5.74, 6) is -1.52. The lowest BCUT2D eigenvalue weighted by atomic mass is 10.4. The molecule has 6 nitrogen and oxygen atoms in total. The minimum absolute atomic E-state index is 0.0106. The van der Waals surface area contributed by atoms with Crippen LogP contribution in [0, 0.1) is 0 Å². The topological polar surface area (TPSA) is 78.9 Å². The monoisotopic (exact) mass is 272 g/mol. The Kier molecular flexibility index (Phi) is 6.45. The number of carbonyl (C=O) groups excluding carboxylic acids is 1. The molecule has 0 fully saturated rings. The third-order valence-corrected chi connectivity index (χ3v) is 1.93. The second-order valence-electron chi connectivity index (χ2n) is 3.60. The second kappa shape index (κ2) is 7.04. The molecule has 18 heavy (non-hydrogen) atoms. The highest BCUT2D eigenvalue weighted by molar-refractivity contribution is 5.80. The van der Waals surface area contributed by atoms with Crippen molar-refractivity contribution in [3.63, 3.8) is 0 Å². The summed E-state index contributed by atoms with van der Waals surface area (Å²) in [6.07, 6.45) is -5.04. The normalized spacial score (nSPS) is 12.9. The number of methoxy groups -OCH3 is 1. The van der Waals surface area contributed by atoms with Crippen molar-refractivity contribution >= 4 is 12.0 Å². The Labute approximate surface area is 102 Å². The van der Waals surface area contributed by atoms with Crippen LogP contribution < -0.4 is 5.32 Å². The van der Waals surface area contributed by atoms with Gasteiger partial charge in [-0.1, -0.05) is 0 Å². The van der Waals surface area contributed by atoms with Gasteiger partial charge in [-0.2, -0.15) is 13.2 Å². The molecule has 0 aliphatic heterocycles. The Balaban J connectivity index is 4.45. The van der Waals surface area contributed by atoms with Crippen molar-refractivity contribution in [3.05, 3.63) is 0 Å². The zero-order valence-electron chi connectivity index (χ0n) is 9.95. The third-order valence-electron chi connectivity index (χ3n) is 1.93. The smallest absolute Gasteiger partial charge is 0.406 e. The van der Waals surface area contributed by atoms with Gasteiger partial charge in [0.2, 0.25) is 0 Å². The number of halogens is 3. The number of amides is 2. The van der Waals surface area contributed by atoms with E-state index in [0.29, 0.717) is 0 Å². The molecule has 0 aromatic rings. The van der Waals surface area contributed by atoms with E-state index in [1.807, 2.05) is 0 Å². The molecule has 0 bridgehead atoms. The quantitative estimate of drug-likeness (QED) is 0.745. The minimum atomic E-state index is -4.65. The van der Waals surface area contributed by atoms with E-state index in [1.54, 1.807) is 6.92 Å².